The Bertz CT molecular complexity index is 227. The van der Waals surface area contributed by atoms with Gasteiger partial charge in [0.1, 0.15) is 4.33 Å². The molecule has 1 aliphatic rings. The van der Waals surface area contributed by atoms with E-state index in [1.165, 1.54) is 0 Å². The fourth-order valence-electron chi connectivity index (χ4n) is 1.01. The molecular weight excluding hydrogens is 197 g/mol. The monoisotopic (exact) mass is 207 g/mol. The average molecular weight is 208 g/mol. The second-order valence-corrected chi connectivity index (χ2v) is 4.70. The summed E-state index contributed by atoms with van der Waals surface area (Å²) in [6.07, 6.45) is 2.14. The summed E-state index contributed by atoms with van der Waals surface area (Å²) in [5.74, 6) is -0.104. The van der Waals surface area contributed by atoms with Crippen LogP contribution < -0.4 is 5.32 Å². The Morgan fingerprint density at radius 3 is 2.58 bits per heavy atom. The van der Waals surface area contributed by atoms with E-state index in [4.69, 9.17) is 23.2 Å². The molecule has 2 nitrogen and oxygen atoms in total. The molecule has 0 aliphatic heterocycles. The molecule has 0 aromatic heterocycles. The highest BCUT2D eigenvalue weighted by atomic mass is 35.5. The van der Waals surface area contributed by atoms with Crippen molar-refractivity contribution in [2.75, 3.05) is 6.54 Å². The molecule has 1 aliphatic carbocycles. The van der Waals surface area contributed by atoms with Crippen molar-refractivity contribution in [1.29, 1.82) is 0 Å². The molecule has 12 heavy (non-hydrogen) atoms. The lowest BCUT2D eigenvalue weighted by Crippen LogP contribution is -2.33. The maximum absolute atomic E-state index is 11.4. The van der Waals surface area contributed by atoms with Crippen molar-refractivity contribution in [2.45, 2.75) is 17.7 Å². The third-order valence-electron chi connectivity index (χ3n) is 2.17. The highest BCUT2D eigenvalue weighted by molar-refractivity contribution is 6.53. The van der Waals surface area contributed by atoms with Gasteiger partial charge in [-0.15, -0.1) is 29.8 Å². The molecule has 1 atom stereocenters. The molecule has 1 amide bonds. The maximum Gasteiger partial charge on any atom is 0.229 e. The van der Waals surface area contributed by atoms with Crippen LogP contribution in [0.25, 0.3) is 0 Å². The molecule has 4 heteroatoms. The Kier molecular flexibility index (Phi) is 2.41. The first-order chi connectivity index (χ1) is 5.44. The summed E-state index contributed by atoms with van der Waals surface area (Å²) in [4.78, 5) is 11.4. The SMILES string of the molecule is C=CCNC(=O)C1(C)CC1(Cl)Cl. The summed E-state index contributed by atoms with van der Waals surface area (Å²) in [6.45, 7) is 5.70. The molecule has 0 radical (unpaired) electrons. The zero-order valence-electron chi connectivity index (χ0n) is 6.86. The minimum Gasteiger partial charge on any atom is -0.352 e. The first kappa shape index (κ1) is 9.87. The normalized spacial score (nSPS) is 30.9. The Balaban J connectivity index is 2.50. The Morgan fingerprint density at radius 1 is 1.75 bits per heavy atom. The first-order valence-electron chi connectivity index (χ1n) is 3.71. The number of alkyl halides is 2. The number of nitrogens with one attached hydrogen (secondary N) is 1. The van der Waals surface area contributed by atoms with Gasteiger partial charge in [0.05, 0.1) is 5.41 Å². The smallest absolute Gasteiger partial charge is 0.229 e. The quantitative estimate of drug-likeness (QED) is 0.556. The summed E-state index contributed by atoms with van der Waals surface area (Å²) in [6, 6.07) is 0. The lowest BCUT2D eigenvalue weighted by Gasteiger charge is -2.10. The standard InChI is InChI=1S/C8H11Cl2NO/c1-3-4-11-6(12)7(2)5-8(7,9)10/h3H,1,4-5H2,2H3,(H,11,12). The van der Waals surface area contributed by atoms with E-state index in [-0.39, 0.29) is 5.91 Å². The van der Waals surface area contributed by atoms with Crippen LogP contribution in [0, 0.1) is 5.41 Å². The number of carbonyl (C=O) groups is 1. The number of hydrogen-bond donors (Lipinski definition) is 1. The van der Waals surface area contributed by atoms with E-state index in [1.807, 2.05) is 0 Å². The van der Waals surface area contributed by atoms with Gasteiger partial charge in [-0.2, -0.15) is 0 Å². The van der Waals surface area contributed by atoms with Crippen LogP contribution in [-0.2, 0) is 4.79 Å². The number of rotatable bonds is 3. The van der Waals surface area contributed by atoms with E-state index >= 15 is 0 Å². The summed E-state index contributed by atoms with van der Waals surface area (Å²) in [5, 5.41) is 2.66. The van der Waals surface area contributed by atoms with Crippen LogP contribution >= 0.6 is 23.2 Å². The van der Waals surface area contributed by atoms with Crippen LogP contribution in [0.4, 0.5) is 0 Å². The second kappa shape index (κ2) is 2.93. The summed E-state index contributed by atoms with van der Waals surface area (Å²) in [5.41, 5.74) is -0.612. The van der Waals surface area contributed by atoms with Gasteiger partial charge in [-0.25, -0.2) is 0 Å². The number of carbonyl (C=O) groups excluding carboxylic acids is 1. The van der Waals surface area contributed by atoms with E-state index in [1.54, 1.807) is 13.0 Å². The van der Waals surface area contributed by atoms with Crippen LogP contribution in [0.5, 0.6) is 0 Å². The Labute approximate surface area is 81.9 Å². The summed E-state index contributed by atoms with van der Waals surface area (Å²) >= 11 is 11.6. The van der Waals surface area contributed by atoms with Crippen molar-refractivity contribution >= 4 is 29.1 Å². The summed E-state index contributed by atoms with van der Waals surface area (Å²) < 4.78 is -0.877. The molecule has 0 bridgehead atoms. The molecule has 0 saturated heterocycles. The summed E-state index contributed by atoms with van der Waals surface area (Å²) in [7, 11) is 0. The van der Waals surface area contributed by atoms with E-state index in [9.17, 15) is 4.79 Å². The van der Waals surface area contributed by atoms with Crippen LogP contribution in [-0.4, -0.2) is 16.8 Å². The van der Waals surface area contributed by atoms with Gasteiger partial charge in [0.25, 0.3) is 0 Å². The number of halogens is 2. The highest BCUT2D eigenvalue weighted by Crippen LogP contribution is 2.63. The van der Waals surface area contributed by atoms with Gasteiger partial charge in [-0.3, -0.25) is 4.79 Å². The van der Waals surface area contributed by atoms with Crippen molar-refractivity contribution < 1.29 is 4.79 Å². The van der Waals surface area contributed by atoms with Crippen molar-refractivity contribution in [2.24, 2.45) is 5.41 Å². The second-order valence-electron chi connectivity index (χ2n) is 3.21. The molecule has 0 spiro atoms. The molecule has 1 N–H and O–H groups in total. The maximum atomic E-state index is 11.4. The van der Waals surface area contributed by atoms with Crippen molar-refractivity contribution in [3.63, 3.8) is 0 Å². The molecule has 68 valence electrons. The molecule has 1 fully saturated rings. The number of hydrogen-bond acceptors (Lipinski definition) is 1. The van der Waals surface area contributed by atoms with Gasteiger partial charge >= 0.3 is 0 Å². The van der Waals surface area contributed by atoms with E-state index < -0.39 is 9.75 Å². The predicted molar refractivity (Wildman–Crippen MR) is 50.4 cm³/mol. The average Bonchev–Trinajstić information content (AvgIpc) is 2.48. The fraction of sp³-hybridized carbons (Fsp3) is 0.625. The van der Waals surface area contributed by atoms with E-state index in [0.29, 0.717) is 13.0 Å². The number of amides is 1. The molecule has 1 unspecified atom stereocenters. The van der Waals surface area contributed by atoms with Gasteiger partial charge in [0, 0.05) is 6.54 Å². The Hall–Kier alpha value is -0.210. The van der Waals surface area contributed by atoms with E-state index in [2.05, 4.69) is 11.9 Å². The molecule has 0 aromatic rings. The molecule has 0 aromatic carbocycles. The fourth-order valence-corrected chi connectivity index (χ4v) is 1.71. The first-order valence-corrected chi connectivity index (χ1v) is 4.47. The van der Waals surface area contributed by atoms with Crippen LogP contribution in [0.1, 0.15) is 13.3 Å². The van der Waals surface area contributed by atoms with Crippen molar-refractivity contribution in [3.8, 4) is 0 Å². The third-order valence-corrected chi connectivity index (χ3v) is 3.27. The minimum absolute atomic E-state index is 0.104. The lowest BCUT2D eigenvalue weighted by molar-refractivity contribution is -0.125. The predicted octanol–water partition coefficient (Wildman–Crippen LogP) is 1.87. The highest BCUT2D eigenvalue weighted by Gasteiger charge is 2.67. The van der Waals surface area contributed by atoms with Gasteiger partial charge < -0.3 is 5.32 Å². The molecule has 0 heterocycles. The lowest BCUT2D eigenvalue weighted by atomic mass is 10.1. The van der Waals surface area contributed by atoms with Crippen LogP contribution in [0.15, 0.2) is 12.7 Å². The Morgan fingerprint density at radius 2 is 2.25 bits per heavy atom. The van der Waals surface area contributed by atoms with Gasteiger partial charge in [-0.1, -0.05) is 6.08 Å². The van der Waals surface area contributed by atoms with Gasteiger partial charge in [0.2, 0.25) is 5.91 Å². The largest absolute Gasteiger partial charge is 0.352 e. The van der Waals surface area contributed by atoms with Crippen LogP contribution in [0.2, 0.25) is 0 Å². The topological polar surface area (TPSA) is 29.1 Å². The van der Waals surface area contributed by atoms with E-state index in [0.717, 1.165) is 0 Å². The molecule has 1 saturated carbocycles. The van der Waals surface area contributed by atoms with Crippen molar-refractivity contribution in [3.05, 3.63) is 12.7 Å². The zero-order chi connectivity index (χ0) is 9.41. The minimum atomic E-state index is -0.877. The third kappa shape index (κ3) is 1.46. The molecule has 1 rings (SSSR count). The van der Waals surface area contributed by atoms with Gasteiger partial charge in [0.15, 0.2) is 0 Å². The van der Waals surface area contributed by atoms with Crippen molar-refractivity contribution in [1.82, 2.24) is 5.32 Å². The zero-order valence-corrected chi connectivity index (χ0v) is 8.37. The van der Waals surface area contributed by atoms with Crippen LogP contribution in [0.3, 0.4) is 0 Å². The molecular formula is C8H11Cl2NO. The van der Waals surface area contributed by atoms with Gasteiger partial charge in [-0.05, 0) is 13.3 Å².